The van der Waals surface area contributed by atoms with Crippen LogP contribution in [0.4, 0.5) is 15.8 Å². The largest absolute Gasteiger partial charge is 0.468 e. The van der Waals surface area contributed by atoms with E-state index in [0.29, 0.717) is 8.78 Å². The van der Waals surface area contributed by atoms with Crippen molar-refractivity contribution in [3.8, 4) is 0 Å². The van der Waals surface area contributed by atoms with Gasteiger partial charge in [0.25, 0.3) is 15.7 Å². The summed E-state index contributed by atoms with van der Waals surface area (Å²) in [6.45, 7) is -0.805. The Balaban J connectivity index is 2.61. The normalized spacial score (nSPS) is 11.0. The number of benzene rings is 2. The lowest BCUT2D eigenvalue weighted by Gasteiger charge is -2.23. The zero-order chi connectivity index (χ0) is 19.5. The maximum Gasteiger partial charge on any atom is 0.326 e. The minimum Gasteiger partial charge on any atom is -0.468 e. The van der Waals surface area contributed by atoms with E-state index in [9.17, 15) is 27.7 Å². The topological polar surface area (TPSA) is 107 Å². The van der Waals surface area contributed by atoms with Gasteiger partial charge in [-0.05, 0) is 24.3 Å². The van der Waals surface area contributed by atoms with E-state index < -0.39 is 49.5 Å². The highest BCUT2D eigenvalue weighted by molar-refractivity contribution is 9.10. The number of nitro benzene ring substituents is 1. The first-order valence-electron chi connectivity index (χ1n) is 6.96. The van der Waals surface area contributed by atoms with Crippen molar-refractivity contribution in [2.24, 2.45) is 0 Å². The van der Waals surface area contributed by atoms with Crippen LogP contribution in [-0.4, -0.2) is 33.0 Å². The number of anilines is 1. The number of methoxy groups -OCH3 is 1. The van der Waals surface area contributed by atoms with E-state index >= 15 is 0 Å². The van der Waals surface area contributed by atoms with Crippen molar-refractivity contribution in [1.29, 1.82) is 0 Å². The molecule has 0 aromatic heterocycles. The maximum atomic E-state index is 14.3. The molecule has 0 spiro atoms. The zero-order valence-electron chi connectivity index (χ0n) is 13.3. The number of esters is 1. The number of rotatable bonds is 6. The molecule has 0 amide bonds. The fraction of sp³-hybridized carbons (Fsp3) is 0.133. The van der Waals surface area contributed by atoms with Crippen molar-refractivity contribution in [1.82, 2.24) is 0 Å². The summed E-state index contributed by atoms with van der Waals surface area (Å²) in [5, 5.41) is 10.9. The molecule has 2 aromatic carbocycles. The molecule has 0 aliphatic carbocycles. The van der Waals surface area contributed by atoms with E-state index in [0.717, 1.165) is 37.4 Å². The molecular formula is C15H12BrFN2O6S. The summed E-state index contributed by atoms with van der Waals surface area (Å²) in [5.74, 6) is -1.83. The smallest absolute Gasteiger partial charge is 0.326 e. The Morgan fingerprint density at radius 2 is 2.00 bits per heavy atom. The molecule has 2 rings (SSSR count). The summed E-state index contributed by atoms with van der Waals surface area (Å²) < 4.78 is 45.5. The number of non-ortho nitro benzene ring substituents is 1. The summed E-state index contributed by atoms with van der Waals surface area (Å²) in [6, 6.07) is 7.83. The predicted molar refractivity (Wildman–Crippen MR) is 93.7 cm³/mol. The molecule has 0 N–H and O–H groups in total. The molecule has 138 valence electrons. The van der Waals surface area contributed by atoms with Crippen LogP contribution in [0, 0.1) is 15.9 Å². The van der Waals surface area contributed by atoms with Crippen LogP contribution in [0.15, 0.2) is 51.8 Å². The quantitative estimate of drug-likeness (QED) is 0.383. The molecule has 8 nitrogen and oxygen atoms in total. The molecule has 0 unspecified atom stereocenters. The predicted octanol–water partition coefficient (Wildman–Crippen LogP) is 2.86. The van der Waals surface area contributed by atoms with E-state index in [1.54, 1.807) is 0 Å². The van der Waals surface area contributed by atoms with E-state index in [-0.39, 0.29) is 0 Å². The van der Waals surface area contributed by atoms with Crippen LogP contribution < -0.4 is 4.31 Å². The van der Waals surface area contributed by atoms with Gasteiger partial charge in [0.1, 0.15) is 12.4 Å². The molecule has 0 fully saturated rings. The maximum absolute atomic E-state index is 14.3. The number of carbonyl (C=O) groups is 1. The number of nitro groups is 1. The van der Waals surface area contributed by atoms with E-state index in [1.165, 1.54) is 12.1 Å². The summed E-state index contributed by atoms with van der Waals surface area (Å²) >= 11 is 3.06. The van der Waals surface area contributed by atoms with Crippen LogP contribution in [0.3, 0.4) is 0 Å². The van der Waals surface area contributed by atoms with Crippen molar-refractivity contribution in [2.75, 3.05) is 18.0 Å². The van der Waals surface area contributed by atoms with Gasteiger partial charge in [-0.15, -0.1) is 0 Å². The fourth-order valence-electron chi connectivity index (χ4n) is 2.05. The molecular weight excluding hydrogens is 435 g/mol. The Morgan fingerprint density at radius 1 is 1.31 bits per heavy atom. The third-order valence-electron chi connectivity index (χ3n) is 3.30. The van der Waals surface area contributed by atoms with Gasteiger partial charge in [0.2, 0.25) is 0 Å². The van der Waals surface area contributed by atoms with Crippen LogP contribution in [0.2, 0.25) is 0 Å². The third-order valence-corrected chi connectivity index (χ3v) is 5.54. The zero-order valence-corrected chi connectivity index (χ0v) is 15.7. The second-order valence-corrected chi connectivity index (χ2v) is 7.72. The molecule has 2 aromatic rings. The number of sulfonamides is 1. The Morgan fingerprint density at radius 3 is 2.58 bits per heavy atom. The van der Waals surface area contributed by atoms with Crippen molar-refractivity contribution < 1.29 is 27.3 Å². The van der Waals surface area contributed by atoms with Crippen LogP contribution in [0.5, 0.6) is 0 Å². The van der Waals surface area contributed by atoms with Gasteiger partial charge in [-0.25, -0.2) is 12.8 Å². The fourth-order valence-corrected chi connectivity index (χ4v) is 3.84. The second-order valence-electron chi connectivity index (χ2n) is 4.94. The summed E-state index contributed by atoms with van der Waals surface area (Å²) in [7, 11) is -3.42. The number of hydrogen-bond acceptors (Lipinski definition) is 6. The standard InChI is InChI=1S/C15H12BrFN2O6S/c1-25-15(20)9-18(14-6-5-10(16)7-13(14)17)26(23,24)12-4-2-3-11(8-12)19(21)22/h2-8H,9H2,1H3. The molecule has 0 radical (unpaired) electrons. The van der Waals surface area contributed by atoms with Gasteiger partial charge < -0.3 is 4.74 Å². The molecule has 0 saturated carbocycles. The molecule has 0 bridgehead atoms. The van der Waals surface area contributed by atoms with Gasteiger partial charge in [0.05, 0.1) is 22.6 Å². The van der Waals surface area contributed by atoms with Crippen LogP contribution in [-0.2, 0) is 19.6 Å². The third kappa shape index (κ3) is 4.17. The highest BCUT2D eigenvalue weighted by atomic mass is 79.9. The minimum absolute atomic E-state index is 0.365. The monoisotopic (exact) mass is 446 g/mol. The average molecular weight is 447 g/mol. The van der Waals surface area contributed by atoms with E-state index in [2.05, 4.69) is 20.7 Å². The van der Waals surface area contributed by atoms with Crippen molar-refractivity contribution in [3.05, 3.63) is 62.9 Å². The number of ether oxygens (including phenoxy) is 1. The summed E-state index contributed by atoms with van der Waals surface area (Å²) in [5.41, 5.74) is -0.856. The minimum atomic E-state index is -4.48. The lowest BCUT2D eigenvalue weighted by Crippen LogP contribution is -2.37. The first kappa shape index (κ1) is 19.8. The summed E-state index contributed by atoms with van der Waals surface area (Å²) in [4.78, 5) is 21.3. The molecule has 0 saturated heterocycles. The van der Waals surface area contributed by atoms with Gasteiger partial charge in [0.15, 0.2) is 0 Å². The number of hydrogen-bond donors (Lipinski definition) is 0. The SMILES string of the molecule is COC(=O)CN(c1ccc(Br)cc1F)S(=O)(=O)c1cccc([N+](=O)[O-])c1. The van der Waals surface area contributed by atoms with Gasteiger partial charge in [-0.2, -0.15) is 0 Å². The van der Waals surface area contributed by atoms with Gasteiger partial charge in [0, 0.05) is 16.6 Å². The molecule has 0 atom stereocenters. The highest BCUT2D eigenvalue weighted by Crippen LogP contribution is 2.29. The van der Waals surface area contributed by atoms with Crippen molar-refractivity contribution in [3.63, 3.8) is 0 Å². The van der Waals surface area contributed by atoms with Gasteiger partial charge >= 0.3 is 5.97 Å². The van der Waals surface area contributed by atoms with Crippen LogP contribution in [0.1, 0.15) is 0 Å². The molecule has 0 aliphatic heterocycles. The first-order chi connectivity index (χ1) is 12.2. The summed E-state index contributed by atoms with van der Waals surface area (Å²) in [6.07, 6.45) is 0. The molecule has 0 aliphatic rings. The number of halogens is 2. The van der Waals surface area contributed by atoms with Gasteiger partial charge in [-0.3, -0.25) is 19.2 Å². The molecule has 11 heteroatoms. The molecule has 26 heavy (non-hydrogen) atoms. The lowest BCUT2D eigenvalue weighted by atomic mass is 10.3. The lowest BCUT2D eigenvalue weighted by molar-refractivity contribution is -0.385. The Labute approximate surface area is 156 Å². The van der Waals surface area contributed by atoms with Crippen molar-refractivity contribution in [2.45, 2.75) is 4.90 Å². The Hall–Kier alpha value is -2.53. The van der Waals surface area contributed by atoms with Gasteiger partial charge in [-0.1, -0.05) is 22.0 Å². The Kier molecular flexibility index (Phi) is 5.93. The van der Waals surface area contributed by atoms with Crippen LogP contribution >= 0.6 is 15.9 Å². The van der Waals surface area contributed by atoms with E-state index in [4.69, 9.17) is 0 Å². The second kappa shape index (κ2) is 7.79. The van der Waals surface area contributed by atoms with E-state index in [1.807, 2.05) is 0 Å². The first-order valence-corrected chi connectivity index (χ1v) is 9.19. The Bertz CT molecular complexity index is 966. The molecule has 0 heterocycles. The average Bonchev–Trinajstić information content (AvgIpc) is 2.60. The number of carbonyl (C=O) groups excluding carboxylic acids is 1. The van der Waals surface area contributed by atoms with Crippen LogP contribution in [0.25, 0.3) is 0 Å². The van der Waals surface area contributed by atoms with Crippen molar-refractivity contribution >= 4 is 43.3 Å². The number of nitrogens with zero attached hydrogens (tertiary/aromatic N) is 2. The highest BCUT2D eigenvalue weighted by Gasteiger charge is 2.30.